The molecular formula is C13H25NO3. The second-order valence-corrected chi connectivity index (χ2v) is 4.10. The van der Waals surface area contributed by atoms with Gasteiger partial charge in [0.2, 0.25) is 5.91 Å². The Kier molecular flexibility index (Phi) is 9.49. The van der Waals surface area contributed by atoms with Gasteiger partial charge in [-0.05, 0) is 19.3 Å². The monoisotopic (exact) mass is 243 g/mol. The molecule has 17 heavy (non-hydrogen) atoms. The zero-order chi connectivity index (χ0) is 13.1. The summed E-state index contributed by atoms with van der Waals surface area (Å²) in [6, 6.07) is 0. The van der Waals surface area contributed by atoms with Crippen LogP contribution in [0.25, 0.3) is 0 Å². The lowest BCUT2D eigenvalue weighted by atomic mass is 10.2. The highest BCUT2D eigenvalue weighted by atomic mass is 16.5. The van der Waals surface area contributed by atoms with Crippen LogP contribution in [-0.2, 0) is 14.3 Å². The number of hydrogen-bond acceptors (Lipinski definition) is 3. The van der Waals surface area contributed by atoms with Gasteiger partial charge >= 0.3 is 5.97 Å². The summed E-state index contributed by atoms with van der Waals surface area (Å²) in [5.74, 6) is -0.213. The molecule has 0 aliphatic carbocycles. The predicted molar refractivity (Wildman–Crippen MR) is 67.6 cm³/mol. The number of amides is 1. The van der Waals surface area contributed by atoms with Gasteiger partial charge in [0.05, 0.1) is 13.0 Å². The molecule has 0 rings (SSSR count). The lowest BCUT2D eigenvalue weighted by molar-refractivity contribution is -0.146. The number of carbonyl (C=O) groups excluding carboxylic acids is 2. The van der Waals surface area contributed by atoms with Gasteiger partial charge in [-0.3, -0.25) is 9.59 Å². The van der Waals surface area contributed by atoms with Crippen molar-refractivity contribution in [2.24, 2.45) is 0 Å². The Morgan fingerprint density at radius 3 is 2.00 bits per heavy atom. The van der Waals surface area contributed by atoms with E-state index in [1.807, 2.05) is 25.7 Å². The lowest BCUT2D eigenvalue weighted by Gasteiger charge is -2.21. The van der Waals surface area contributed by atoms with Crippen molar-refractivity contribution in [1.82, 2.24) is 4.90 Å². The van der Waals surface area contributed by atoms with Gasteiger partial charge in [-0.25, -0.2) is 0 Å². The zero-order valence-electron chi connectivity index (χ0n) is 11.3. The number of rotatable bonds is 9. The van der Waals surface area contributed by atoms with E-state index in [0.717, 1.165) is 32.4 Å². The van der Waals surface area contributed by atoms with Gasteiger partial charge in [-0.15, -0.1) is 0 Å². The fourth-order valence-electron chi connectivity index (χ4n) is 1.56. The first-order valence-electron chi connectivity index (χ1n) is 6.59. The van der Waals surface area contributed by atoms with E-state index in [-0.39, 0.29) is 24.7 Å². The second-order valence-electron chi connectivity index (χ2n) is 4.10. The molecular weight excluding hydrogens is 218 g/mol. The second kappa shape index (κ2) is 10.1. The van der Waals surface area contributed by atoms with Gasteiger partial charge < -0.3 is 9.64 Å². The predicted octanol–water partition coefficient (Wildman–Crippen LogP) is 2.37. The smallest absolute Gasteiger partial charge is 0.306 e. The van der Waals surface area contributed by atoms with Crippen molar-refractivity contribution in [3.63, 3.8) is 0 Å². The number of hydrogen-bond donors (Lipinski definition) is 0. The van der Waals surface area contributed by atoms with Crippen LogP contribution in [0.1, 0.15) is 52.9 Å². The van der Waals surface area contributed by atoms with Crippen molar-refractivity contribution in [2.45, 2.75) is 52.9 Å². The third-order valence-electron chi connectivity index (χ3n) is 2.35. The molecule has 0 saturated heterocycles. The third-order valence-corrected chi connectivity index (χ3v) is 2.35. The van der Waals surface area contributed by atoms with E-state index in [2.05, 4.69) is 0 Å². The Morgan fingerprint density at radius 2 is 1.53 bits per heavy atom. The van der Waals surface area contributed by atoms with Crippen LogP contribution < -0.4 is 0 Å². The summed E-state index contributed by atoms with van der Waals surface area (Å²) in [6.07, 6.45) is 3.18. The standard InChI is InChI=1S/C13H25NO3/c1-4-9-14(10-5-2)12(15)7-8-13(16)17-11-6-3/h4-11H2,1-3H3. The maximum Gasteiger partial charge on any atom is 0.306 e. The van der Waals surface area contributed by atoms with Crippen LogP contribution in [-0.4, -0.2) is 36.5 Å². The highest BCUT2D eigenvalue weighted by Crippen LogP contribution is 2.02. The van der Waals surface area contributed by atoms with Crippen molar-refractivity contribution >= 4 is 11.9 Å². The molecule has 1 amide bonds. The maximum absolute atomic E-state index is 11.8. The quantitative estimate of drug-likeness (QED) is 0.584. The molecule has 0 aliphatic heterocycles. The van der Waals surface area contributed by atoms with E-state index in [1.165, 1.54) is 0 Å². The maximum atomic E-state index is 11.8. The fourth-order valence-corrected chi connectivity index (χ4v) is 1.56. The Balaban J connectivity index is 3.91. The molecule has 0 atom stereocenters. The molecule has 100 valence electrons. The minimum Gasteiger partial charge on any atom is -0.466 e. The topological polar surface area (TPSA) is 46.6 Å². The molecule has 4 heteroatoms. The van der Waals surface area contributed by atoms with Crippen LogP contribution in [0.3, 0.4) is 0 Å². The zero-order valence-corrected chi connectivity index (χ0v) is 11.3. The van der Waals surface area contributed by atoms with E-state index in [1.54, 1.807) is 0 Å². The van der Waals surface area contributed by atoms with Crippen LogP contribution in [0.4, 0.5) is 0 Å². The average Bonchev–Trinajstić information content (AvgIpc) is 2.33. The first-order valence-corrected chi connectivity index (χ1v) is 6.59. The Morgan fingerprint density at radius 1 is 0.941 bits per heavy atom. The molecule has 4 nitrogen and oxygen atoms in total. The Bertz CT molecular complexity index is 223. The molecule has 0 aromatic carbocycles. The molecule has 0 spiro atoms. The fraction of sp³-hybridized carbons (Fsp3) is 0.846. The first-order chi connectivity index (χ1) is 8.15. The number of ether oxygens (including phenoxy) is 1. The van der Waals surface area contributed by atoms with Gasteiger partial charge in [-0.1, -0.05) is 20.8 Å². The molecule has 0 bridgehead atoms. The minimum atomic E-state index is -0.270. The molecule has 0 heterocycles. The van der Waals surface area contributed by atoms with Crippen molar-refractivity contribution in [2.75, 3.05) is 19.7 Å². The summed E-state index contributed by atoms with van der Waals surface area (Å²) in [5.41, 5.74) is 0. The van der Waals surface area contributed by atoms with Crippen LogP contribution in [0.5, 0.6) is 0 Å². The number of esters is 1. The van der Waals surface area contributed by atoms with Crippen molar-refractivity contribution in [3.8, 4) is 0 Å². The van der Waals surface area contributed by atoms with Crippen LogP contribution in [0, 0.1) is 0 Å². The van der Waals surface area contributed by atoms with Gasteiger partial charge in [0.25, 0.3) is 0 Å². The number of nitrogens with zero attached hydrogens (tertiary/aromatic N) is 1. The molecule has 0 aromatic rings. The van der Waals surface area contributed by atoms with Crippen molar-refractivity contribution in [3.05, 3.63) is 0 Å². The van der Waals surface area contributed by atoms with E-state index >= 15 is 0 Å². The largest absolute Gasteiger partial charge is 0.466 e. The average molecular weight is 243 g/mol. The van der Waals surface area contributed by atoms with Crippen LogP contribution in [0.2, 0.25) is 0 Å². The highest BCUT2D eigenvalue weighted by Gasteiger charge is 2.13. The summed E-state index contributed by atoms with van der Waals surface area (Å²) in [6.45, 7) is 8.04. The van der Waals surface area contributed by atoms with Crippen LogP contribution in [0.15, 0.2) is 0 Å². The SMILES string of the molecule is CCCOC(=O)CCC(=O)N(CCC)CCC. The molecule has 0 saturated carbocycles. The van der Waals surface area contributed by atoms with Crippen molar-refractivity contribution in [1.29, 1.82) is 0 Å². The molecule has 0 fully saturated rings. The summed E-state index contributed by atoms with van der Waals surface area (Å²) in [5, 5.41) is 0. The van der Waals surface area contributed by atoms with Crippen molar-refractivity contribution < 1.29 is 14.3 Å². The van der Waals surface area contributed by atoms with E-state index < -0.39 is 0 Å². The number of carbonyl (C=O) groups is 2. The Hall–Kier alpha value is -1.06. The summed E-state index contributed by atoms with van der Waals surface area (Å²) < 4.78 is 4.93. The molecule has 0 N–H and O–H groups in total. The van der Waals surface area contributed by atoms with Gasteiger partial charge in [0.15, 0.2) is 0 Å². The van der Waals surface area contributed by atoms with E-state index in [0.29, 0.717) is 6.61 Å². The Labute approximate surface area is 104 Å². The van der Waals surface area contributed by atoms with E-state index in [4.69, 9.17) is 4.74 Å². The summed E-state index contributed by atoms with van der Waals surface area (Å²) in [4.78, 5) is 24.9. The molecule has 0 aromatic heterocycles. The highest BCUT2D eigenvalue weighted by molar-refractivity contribution is 5.81. The normalized spacial score (nSPS) is 10.1. The minimum absolute atomic E-state index is 0.0575. The summed E-state index contributed by atoms with van der Waals surface area (Å²) in [7, 11) is 0. The van der Waals surface area contributed by atoms with E-state index in [9.17, 15) is 9.59 Å². The van der Waals surface area contributed by atoms with Gasteiger partial charge in [0, 0.05) is 19.5 Å². The first kappa shape index (κ1) is 15.9. The molecule has 0 aliphatic rings. The third kappa shape index (κ3) is 7.77. The van der Waals surface area contributed by atoms with Gasteiger partial charge in [-0.2, -0.15) is 0 Å². The molecule has 0 radical (unpaired) electrons. The lowest BCUT2D eigenvalue weighted by Crippen LogP contribution is -2.32. The summed E-state index contributed by atoms with van der Waals surface area (Å²) >= 11 is 0. The molecule has 0 unspecified atom stereocenters. The van der Waals surface area contributed by atoms with Crippen LogP contribution >= 0.6 is 0 Å². The van der Waals surface area contributed by atoms with Gasteiger partial charge in [0.1, 0.15) is 0 Å².